The van der Waals surface area contributed by atoms with Crippen molar-refractivity contribution in [2.45, 2.75) is 39.0 Å². The minimum absolute atomic E-state index is 0.184. The van der Waals surface area contributed by atoms with E-state index in [4.69, 9.17) is 13.7 Å². The largest absolute Gasteiger partial charge is 0.462 e. The van der Waals surface area contributed by atoms with Crippen LogP contribution in [0.5, 0.6) is 0 Å². The zero-order chi connectivity index (χ0) is 19.4. The first-order valence-electron chi connectivity index (χ1n) is 8.32. The maximum Gasteiger partial charge on any atom is 0.338 e. The average Bonchev–Trinajstić information content (AvgIpc) is 2.53. The summed E-state index contributed by atoms with van der Waals surface area (Å²) >= 11 is 0. The Balaban J connectivity index is 2.47. The first-order valence-corrected chi connectivity index (χ1v) is 10.1. The standard InChI is InChI=1S/C17H23NO7S/c1-4-23-16(20)14-8-7-9-15(12-14)18-11-6-5-10-17(18,24-13(2)19)25-26(3,21)22/h7-9,12H,4-6,10-11H2,1-3H3. The predicted octanol–water partition coefficient (Wildman–Crippen LogP) is 2.05. The molecule has 1 saturated heterocycles. The highest BCUT2D eigenvalue weighted by Crippen LogP contribution is 2.36. The van der Waals surface area contributed by atoms with E-state index in [1.165, 1.54) is 6.92 Å². The summed E-state index contributed by atoms with van der Waals surface area (Å²) in [4.78, 5) is 25.2. The summed E-state index contributed by atoms with van der Waals surface area (Å²) in [7, 11) is -3.91. The second kappa shape index (κ2) is 8.05. The highest BCUT2D eigenvalue weighted by Gasteiger charge is 2.47. The quantitative estimate of drug-likeness (QED) is 0.417. The van der Waals surface area contributed by atoms with Gasteiger partial charge in [-0.25, -0.2) is 8.98 Å². The minimum Gasteiger partial charge on any atom is -0.462 e. The van der Waals surface area contributed by atoms with Crippen LogP contribution in [0.15, 0.2) is 24.3 Å². The summed E-state index contributed by atoms with van der Waals surface area (Å²) in [6.45, 7) is 3.53. The molecule has 1 aromatic carbocycles. The van der Waals surface area contributed by atoms with Gasteiger partial charge in [-0.15, -0.1) is 0 Å². The van der Waals surface area contributed by atoms with E-state index in [0.717, 1.165) is 12.7 Å². The topological polar surface area (TPSA) is 99.2 Å². The van der Waals surface area contributed by atoms with Crippen molar-refractivity contribution < 1.29 is 31.7 Å². The van der Waals surface area contributed by atoms with Crippen molar-refractivity contribution in [3.05, 3.63) is 29.8 Å². The van der Waals surface area contributed by atoms with Crippen LogP contribution in [0, 0.1) is 0 Å². The normalized spacial score (nSPS) is 20.5. The molecule has 0 radical (unpaired) electrons. The van der Waals surface area contributed by atoms with Gasteiger partial charge in [-0.2, -0.15) is 8.42 Å². The Kier molecular flexibility index (Phi) is 6.25. The SMILES string of the molecule is CCOC(=O)c1cccc(N2CCCCC2(OC(C)=O)OS(C)(=O)=O)c1. The second-order valence-corrected chi connectivity index (χ2v) is 7.55. The number of rotatable bonds is 6. The van der Waals surface area contributed by atoms with E-state index in [1.54, 1.807) is 36.1 Å². The van der Waals surface area contributed by atoms with Crippen LogP contribution in [0.1, 0.15) is 43.5 Å². The van der Waals surface area contributed by atoms with E-state index < -0.39 is 28.0 Å². The van der Waals surface area contributed by atoms with Crippen LogP contribution in [0.4, 0.5) is 5.69 Å². The summed E-state index contributed by atoms with van der Waals surface area (Å²) in [5.74, 6) is -2.93. The van der Waals surface area contributed by atoms with E-state index in [9.17, 15) is 18.0 Å². The Hall–Kier alpha value is -2.13. The zero-order valence-corrected chi connectivity index (χ0v) is 15.9. The Morgan fingerprint density at radius 1 is 1.27 bits per heavy atom. The van der Waals surface area contributed by atoms with Gasteiger partial charge in [0.2, 0.25) is 0 Å². The van der Waals surface area contributed by atoms with Crippen LogP contribution in [0.2, 0.25) is 0 Å². The van der Waals surface area contributed by atoms with Gasteiger partial charge in [-0.1, -0.05) is 6.07 Å². The molecule has 1 heterocycles. The molecule has 0 spiro atoms. The molecular formula is C17H23NO7S. The van der Waals surface area contributed by atoms with E-state index in [-0.39, 0.29) is 13.0 Å². The van der Waals surface area contributed by atoms with Gasteiger partial charge in [0.1, 0.15) is 0 Å². The van der Waals surface area contributed by atoms with E-state index in [1.807, 2.05) is 0 Å². The molecule has 1 fully saturated rings. The molecule has 2 rings (SSSR count). The third-order valence-electron chi connectivity index (χ3n) is 3.79. The molecule has 144 valence electrons. The van der Waals surface area contributed by atoms with Crippen LogP contribution in [0.25, 0.3) is 0 Å². The number of hydrogen-bond donors (Lipinski definition) is 0. The third-order valence-corrected chi connectivity index (χ3v) is 4.35. The number of esters is 2. The summed E-state index contributed by atoms with van der Waals surface area (Å²) in [6, 6.07) is 6.50. The van der Waals surface area contributed by atoms with Crippen molar-refractivity contribution >= 4 is 27.7 Å². The molecule has 26 heavy (non-hydrogen) atoms. The number of nitrogens with zero attached hydrogens (tertiary/aromatic N) is 1. The lowest BCUT2D eigenvalue weighted by Crippen LogP contribution is -2.57. The number of hydrogen-bond acceptors (Lipinski definition) is 8. The molecule has 8 nitrogen and oxygen atoms in total. The molecule has 0 saturated carbocycles. The zero-order valence-electron chi connectivity index (χ0n) is 15.1. The molecular weight excluding hydrogens is 362 g/mol. The maximum atomic E-state index is 12.0. The van der Waals surface area contributed by atoms with Crippen molar-refractivity contribution in [3.8, 4) is 0 Å². The second-order valence-electron chi connectivity index (χ2n) is 5.97. The molecule has 0 aromatic heterocycles. The average molecular weight is 385 g/mol. The molecule has 0 N–H and O–H groups in total. The number of piperidine rings is 1. The Morgan fingerprint density at radius 2 is 2.00 bits per heavy atom. The molecule has 0 aliphatic carbocycles. The number of carbonyl (C=O) groups is 2. The summed E-state index contributed by atoms with van der Waals surface area (Å²) < 4.78 is 39.2. The number of ether oxygens (including phenoxy) is 2. The molecule has 1 aromatic rings. The lowest BCUT2D eigenvalue weighted by Gasteiger charge is -2.45. The fourth-order valence-electron chi connectivity index (χ4n) is 2.94. The molecule has 1 atom stereocenters. The lowest BCUT2D eigenvalue weighted by molar-refractivity contribution is -0.200. The highest BCUT2D eigenvalue weighted by atomic mass is 32.2. The van der Waals surface area contributed by atoms with Crippen molar-refractivity contribution in [1.82, 2.24) is 0 Å². The van der Waals surface area contributed by atoms with E-state index in [0.29, 0.717) is 24.2 Å². The summed E-state index contributed by atoms with van der Waals surface area (Å²) in [5, 5.41) is 0. The number of benzene rings is 1. The van der Waals surface area contributed by atoms with Crippen LogP contribution < -0.4 is 4.90 Å². The van der Waals surface area contributed by atoms with Gasteiger partial charge in [-0.3, -0.25) is 4.79 Å². The molecule has 1 unspecified atom stereocenters. The predicted molar refractivity (Wildman–Crippen MR) is 94.0 cm³/mol. The fourth-order valence-corrected chi connectivity index (χ4v) is 3.62. The van der Waals surface area contributed by atoms with Crippen LogP contribution in [-0.2, 0) is 28.6 Å². The first kappa shape index (κ1) is 20.2. The molecule has 1 aliphatic heterocycles. The number of anilines is 1. The number of carbonyl (C=O) groups excluding carboxylic acids is 2. The van der Waals surface area contributed by atoms with Gasteiger partial charge in [0.25, 0.3) is 10.1 Å². The Labute approximate surface area is 153 Å². The van der Waals surface area contributed by atoms with E-state index >= 15 is 0 Å². The van der Waals surface area contributed by atoms with Gasteiger partial charge < -0.3 is 14.4 Å². The van der Waals surface area contributed by atoms with Gasteiger partial charge in [0.05, 0.1) is 18.4 Å². The smallest absolute Gasteiger partial charge is 0.338 e. The van der Waals surface area contributed by atoms with Crippen LogP contribution in [-0.4, -0.2) is 45.7 Å². The van der Waals surface area contributed by atoms with Gasteiger partial charge in [-0.05, 0) is 38.0 Å². The van der Waals surface area contributed by atoms with Gasteiger partial charge in [0.15, 0.2) is 0 Å². The van der Waals surface area contributed by atoms with Crippen molar-refractivity contribution in [2.75, 3.05) is 24.3 Å². The highest BCUT2D eigenvalue weighted by molar-refractivity contribution is 7.86. The Morgan fingerprint density at radius 3 is 2.62 bits per heavy atom. The summed E-state index contributed by atoms with van der Waals surface area (Å²) in [5.41, 5.74) is 0.811. The van der Waals surface area contributed by atoms with Crippen molar-refractivity contribution in [3.63, 3.8) is 0 Å². The Bertz CT molecular complexity index is 777. The molecule has 0 bridgehead atoms. The maximum absolute atomic E-state index is 12.0. The first-order chi connectivity index (χ1) is 12.2. The fraction of sp³-hybridized carbons (Fsp3) is 0.529. The molecule has 9 heteroatoms. The molecule has 0 amide bonds. The van der Waals surface area contributed by atoms with Gasteiger partial charge >= 0.3 is 17.8 Å². The molecule has 1 aliphatic rings. The third kappa shape index (κ3) is 4.95. The van der Waals surface area contributed by atoms with E-state index in [2.05, 4.69) is 0 Å². The lowest BCUT2D eigenvalue weighted by atomic mass is 10.0. The summed E-state index contributed by atoms with van der Waals surface area (Å²) in [6.07, 6.45) is 2.46. The monoisotopic (exact) mass is 385 g/mol. The van der Waals surface area contributed by atoms with Crippen LogP contribution in [0.3, 0.4) is 0 Å². The van der Waals surface area contributed by atoms with Crippen molar-refractivity contribution in [1.29, 1.82) is 0 Å². The minimum atomic E-state index is -3.91. The van der Waals surface area contributed by atoms with Crippen LogP contribution >= 0.6 is 0 Å². The van der Waals surface area contributed by atoms with Gasteiger partial charge in [0, 0.05) is 25.6 Å². The van der Waals surface area contributed by atoms with Crippen molar-refractivity contribution in [2.24, 2.45) is 0 Å².